The Morgan fingerprint density at radius 1 is 1.36 bits per heavy atom. The number of likely N-dealkylation sites (tertiary alicyclic amines) is 1. The van der Waals surface area contributed by atoms with Crippen LogP contribution in [0.1, 0.15) is 18.4 Å². The van der Waals surface area contributed by atoms with Crippen LogP contribution in [0.2, 0.25) is 0 Å². The first-order chi connectivity index (χ1) is 10.6. The van der Waals surface area contributed by atoms with Crippen molar-refractivity contribution in [1.29, 1.82) is 0 Å². The number of hydrogen-bond acceptors (Lipinski definition) is 3. The van der Waals surface area contributed by atoms with Gasteiger partial charge in [0.1, 0.15) is 5.75 Å². The van der Waals surface area contributed by atoms with Crippen LogP contribution in [0.15, 0.2) is 28.7 Å². The molecule has 0 radical (unpaired) electrons. The van der Waals surface area contributed by atoms with Crippen LogP contribution in [0, 0.1) is 0 Å². The number of halogens is 1. The summed E-state index contributed by atoms with van der Waals surface area (Å²) < 4.78 is 6.13. The van der Waals surface area contributed by atoms with E-state index in [4.69, 9.17) is 4.74 Å². The SMILES string of the molecule is COc1ccc(Br)cc1/C=C/C(=O)NCC(=O)N1CCCC1. The number of nitrogens with one attached hydrogen (secondary N) is 1. The van der Waals surface area contributed by atoms with Crippen molar-refractivity contribution in [3.05, 3.63) is 34.3 Å². The highest BCUT2D eigenvalue weighted by atomic mass is 79.9. The summed E-state index contributed by atoms with van der Waals surface area (Å²) in [7, 11) is 1.58. The van der Waals surface area contributed by atoms with Crippen molar-refractivity contribution in [1.82, 2.24) is 10.2 Å². The highest BCUT2D eigenvalue weighted by Gasteiger charge is 2.17. The van der Waals surface area contributed by atoms with E-state index >= 15 is 0 Å². The second-order valence-corrected chi connectivity index (χ2v) is 5.94. The van der Waals surface area contributed by atoms with Crippen LogP contribution in [0.25, 0.3) is 6.08 Å². The summed E-state index contributed by atoms with van der Waals surface area (Å²) in [6, 6.07) is 5.54. The first-order valence-corrected chi connectivity index (χ1v) is 7.96. The van der Waals surface area contributed by atoms with Crippen LogP contribution in [-0.2, 0) is 9.59 Å². The molecule has 0 spiro atoms. The normalized spacial score (nSPS) is 14.4. The highest BCUT2D eigenvalue weighted by Crippen LogP contribution is 2.23. The number of nitrogens with zero attached hydrogens (tertiary/aromatic N) is 1. The number of carbonyl (C=O) groups excluding carboxylic acids is 2. The van der Waals surface area contributed by atoms with Crippen molar-refractivity contribution in [3.63, 3.8) is 0 Å². The molecule has 6 heteroatoms. The fraction of sp³-hybridized carbons (Fsp3) is 0.375. The molecule has 1 aliphatic rings. The van der Waals surface area contributed by atoms with Gasteiger partial charge in [0.25, 0.3) is 0 Å². The molecule has 1 fully saturated rings. The van der Waals surface area contributed by atoms with Crippen LogP contribution in [-0.4, -0.2) is 43.5 Å². The Morgan fingerprint density at radius 2 is 2.09 bits per heavy atom. The molecule has 1 N–H and O–H groups in total. The second kappa shape index (κ2) is 7.98. The first-order valence-electron chi connectivity index (χ1n) is 7.17. The number of benzene rings is 1. The van der Waals surface area contributed by atoms with Gasteiger partial charge in [-0.05, 0) is 37.1 Å². The third-order valence-corrected chi connectivity index (χ3v) is 3.97. The number of rotatable bonds is 5. The van der Waals surface area contributed by atoms with Gasteiger partial charge in [-0.3, -0.25) is 9.59 Å². The minimum absolute atomic E-state index is 0.0284. The quantitative estimate of drug-likeness (QED) is 0.812. The molecule has 1 saturated heterocycles. The summed E-state index contributed by atoms with van der Waals surface area (Å²) in [4.78, 5) is 25.4. The molecule has 1 heterocycles. The van der Waals surface area contributed by atoms with E-state index in [1.54, 1.807) is 18.1 Å². The van der Waals surface area contributed by atoms with Crippen molar-refractivity contribution in [3.8, 4) is 5.75 Å². The Bertz CT molecular complexity index is 581. The maximum absolute atomic E-state index is 11.8. The molecule has 0 aliphatic carbocycles. The molecular formula is C16H19BrN2O3. The van der Waals surface area contributed by atoms with E-state index < -0.39 is 0 Å². The third-order valence-electron chi connectivity index (χ3n) is 3.48. The fourth-order valence-corrected chi connectivity index (χ4v) is 2.68. The lowest BCUT2D eigenvalue weighted by Crippen LogP contribution is -2.38. The highest BCUT2D eigenvalue weighted by molar-refractivity contribution is 9.10. The van der Waals surface area contributed by atoms with Gasteiger partial charge >= 0.3 is 0 Å². The molecule has 22 heavy (non-hydrogen) atoms. The zero-order valence-electron chi connectivity index (χ0n) is 12.5. The van der Waals surface area contributed by atoms with E-state index in [0.717, 1.165) is 36.0 Å². The number of methoxy groups -OCH3 is 1. The largest absolute Gasteiger partial charge is 0.496 e. The zero-order chi connectivity index (χ0) is 15.9. The third kappa shape index (κ3) is 4.59. The lowest BCUT2D eigenvalue weighted by Gasteiger charge is -2.14. The minimum atomic E-state index is -0.297. The molecule has 0 unspecified atom stereocenters. The summed E-state index contributed by atoms with van der Waals surface area (Å²) in [6.07, 6.45) is 5.16. The Kier molecular flexibility index (Phi) is 6.00. The van der Waals surface area contributed by atoms with E-state index in [1.165, 1.54) is 6.08 Å². The number of hydrogen-bond donors (Lipinski definition) is 1. The number of ether oxygens (including phenoxy) is 1. The lowest BCUT2D eigenvalue weighted by atomic mass is 10.2. The molecule has 0 bridgehead atoms. The van der Waals surface area contributed by atoms with Crippen molar-refractivity contribution < 1.29 is 14.3 Å². The lowest BCUT2D eigenvalue weighted by molar-refractivity contribution is -0.131. The van der Waals surface area contributed by atoms with Gasteiger partial charge in [-0.2, -0.15) is 0 Å². The zero-order valence-corrected chi connectivity index (χ0v) is 14.1. The van der Waals surface area contributed by atoms with Gasteiger partial charge in [0.15, 0.2) is 0 Å². The number of amides is 2. The second-order valence-electron chi connectivity index (χ2n) is 5.03. The van der Waals surface area contributed by atoms with Gasteiger partial charge in [0.05, 0.1) is 13.7 Å². The van der Waals surface area contributed by atoms with Crippen LogP contribution in [0.3, 0.4) is 0 Å². The smallest absolute Gasteiger partial charge is 0.244 e. The van der Waals surface area contributed by atoms with Crippen LogP contribution < -0.4 is 10.1 Å². The first kappa shape index (κ1) is 16.5. The Balaban J connectivity index is 1.88. The van der Waals surface area contributed by atoms with Gasteiger partial charge in [0, 0.05) is 29.2 Å². The fourth-order valence-electron chi connectivity index (χ4n) is 2.30. The van der Waals surface area contributed by atoms with E-state index in [2.05, 4.69) is 21.2 Å². The Morgan fingerprint density at radius 3 is 2.77 bits per heavy atom. The molecule has 0 aromatic heterocycles. The monoisotopic (exact) mass is 366 g/mol. The summed E-state index contributed by atoms with van der Waals surface area (Å²) >= 11 is 3.38. The predicted octanol–water partition coefficient (Wildman–Crippen LogP) is 2.21. The van der Waals surface area contributed by atoms with Crippen molar-refractivity contribution in [2.24, 2.45) is 0 Å². The van der Waals surface area contributed by atoms with Crippen LogP contribution in [0.5, 0.6) is 5.75 Å². The molecule has 5 nitrogen and oxygen atoms in total. The standard InChI is InChI=1S/C16H19BrN2O3/c1-22-14-6-5-13(17)10-12(14)4-7-15(20)18-11-16(21)19-8-2-3-9-19/h4-7,10H,2-3,8-9,11H2,1H3,(H,18,20)/b7-4+. The van der Waals surface area contributed by atoms with E-state index in [9.17, 15) is 9.59 Å². The minimum Gasteiger partial charge on any atom is -0.496 e. The van der Waals surface area contributed by atoms with Gasteiger partial charge in [-0.25, -0.2) is 0 Å². The molecule has 0 saturated carbocycles. The van der Waals surface area contributed by atoms with E-state index in [-0.39, 0.29) is 18.4 Å². The Labute approximate surface area is 138 Å². The number of carbonyl (C=O) groups is 2. The maximum Gasteiger partial charge on any atom is 0.244 e. The average Bonchev–Trinajstić information content (AvgIpc) is 3.05. The summed E-state index contributed by atoms with van der Waals surface area (Å²) in [5, 5.41) is 2.61. The molecule has 2 amide bonds. The van der Waals surface area contributed by atoms with Crippen molar-refractivity contribution in [2.45, 2.75) is 12.8 Å². The van der Waals surface area contributed by atoms with Gasteiger partial charge in [0.2, 0.25) is 11.8 Å². The molecule has 118 valence electrons. The molecule has 1 aliphatic heterocycles. The molecule has 1 aromatic carbocycles. The summed E-state index contributed by atoms with van der Waals surface area (Å²) in [5.41, 5.74) is 0.790. The summed E-state index contributed by atoms with van der Waals surface area (Å²) in [5.74, 6) is 0.356. The predicted molar refractivity (Wildman–Crippen MR) is 88.6 cm³/mol. The Hall–Kier alpha value is -1.82. The molecule has 2 rings (SSSR count). The molecular weight excluding hydrogens is 348 g/mol. The van der Waals surface area contributed by atoms with Gasteiger partial charge < -0.3 is 15.0 Å². The van der Waals surface area contributed by atoms with Gasteiger partial charge in [-0.15, -0.1) is 0 Å². The van der Waals surface area contributed by atoms with Crippen LogP contribution >= 0.6 is 15.9 Å². The van der Waals surface area contributed by atoms with Crippen LogP contribution in [0.4, 0.5) is 0 Å². The van der Waals surface area contributed by atoms with Crippen molar-refractivity contribution >= 4 is 33.8 Å². The van der Waals surface area contributed by atoms with Gasteiger partial charge in [-0.1, -0.05) is 15.9 Å². The maximum atomic E-state index is 11.8. The molecule has 0 atom stereocenters. The summed E-state index contributed by atoms with van der Waals surface area (Å²) in [6.45, 7) is 1.62. The molecule has 1 aromatic rings. The van der Waals surface area contributed by atoms with E-state index in [0.29, 0.717) is 5.75 Å². The topological polar surface area (TPSA) is 58.6 Å². The average molecular weight is 367 g/mol. The van der Waals surface area contributed by atoms with E-state index in [1.807, 2.05) is 18.2 Å². The van der Waals surface area contributed by atoms with Crippen molar-refractivity contribution in [2.75, 3.05) is 26.7 Å².